The first-order valence-corrected chi connectivity index (χ1v) is 8.35. The molecule has 3 heterocycles. The molecule has 3 rings (SSSR count). The van der Waals surface area contributed by atoms with E-state index in [1.165, 1.54) is 6.42 Å². The zero-order valence-electron chi connectivity index (χ0n) is 13.5. The van der Waals surface area contributed by atoms with E-state index >= 15 is 0 Å². The number of carbonyl (C=O) groups excluding carboxylic acids is 1. The van der Waals surface area contributed by atoms with Crippen molar-refractivity contribution in [3.63, 3.8) is 0 Å². The van der Waals surface area contributed by atoms with E-state index in [9.17, 15) is 4.79 Å². The second-order valence-electron chi connectivity index (χ2n) is 6.42. The molecule has 2 saturated heterocycles. The van der Waals surface area contributed by atoms with E-state index < -0.39 is 0 Å². The predicted octanol–water partition coefficient (Wildman–Crippen LogP) is 1.11. The molecule has 0 radical (unpaired) electrons. The molecule has 0 aliphatic carbocycles. The second-order valence-corrected chi connectivity index (χ2v) is 6.42. The monoisotopic (exact) mass is 306 g/mol. The Kier molecular flexibility index (Phi) is 5.10. The molecule has 0 spiro atoms. The number of carbonyl (C=O) groups is 1. The van der Waals surface area contributed by atoms with Crippen LogP contribution in [0.1, 0.15) is 30.7 Å². The minimum Gasteiger partial charge on any atom is -0.361 e. The first kappa shape index (κ1) is 15.5. The highest BCUT2D eigenvalue weighted by Crippen LogP contribution is 2.11. The van der Waals surface area contributed by atoms with Crippen molar-refractivity contribution in [3.8, 4) is 0 Å². The lowest BCUT2D eigenvalue weighted by Gasteiger charge is -2.35. The normalized spacial score (nSPS) is 21.2. The molecule has 0 atom stereocenters. The standard InChI is InChI=1S/C16H26N4O2/c1-14-11-15(17-22-14)12-18-7-9-19(10-8-18)13-16(21)20-5-3-2-4-6-20/h11H,2-10,12-13H2,1H3. The number of aryl methyl sites for hydroxylation is 1. The smallest absolute Gasteiger partial charge is 0.236 e. The van der Waals surface area contributed by atoms with Crippen LogP contribution in [-0.4, -0.2) is 71.6 Å². The van der Waals surface area contributed by atoms with Crippen molar-refractivity contribution in [2.45, 2.75) is 32.7 Å². The third kappa shape index (κ3) is 4.08. The minimum atomic E-state index is 0.306. The van der Waals surface area contributed by atoms with Gasteiger partial charge in [0, 0.05) is 51.9 Å². The average Bonchev–Trinajstić information content (AvgIpc) is 2.95. The fraction of sp³-hybridized carbons (Fsp3) is 0.750. The fourth-order valence-corrected chi connectivity index (χ4v) is 3.26. The summed E-state index contributed by atoms with van der Waals surface area (Å²) in [5.74, 6) is 1.17. The number of amides is 1. The van der Waals surface area contributed by atoms with Crippen LogP contribution in [0.25, 0.3) is 0 Å². The summed E-state index contributed by atoms with van der Waals surface area (Å²) in [6.45, 7) is 9.11. The Bertz CT molecular complexity index is 488. The molecule has 1 aromatic rings. The van der Waals surface area contributed by atoms with Crippen molar-refractivity contribution in [1.82, 2.24) is 19.9 Å². The highest BCUT2D eigenvalue weighted by molar-refractivity contribution is 5.78. The van der Waals surface area contributed by atoms with Gasteiger partial charge in [0.15, 0.2) is 0 Å². The van der Waals surface area contributed by atoms with Crippen LogP contribution in [0.15, 0.2) is 10.6 Å². The second kappa shape index (κ2) is 7.24. The Hall–Kier alpha value is -1.40. The quantitative estimate of drug-likeness (QED) is 0.834. The Morgan fingerprint density at radius 2 is 1.77 bits per heavy atom. The van der Waals surface area contributed by atoms with Crippen LogP contribution in [0.4, 0.5) is 0 Å². The molecule has 2 fully saturated rings. The van der Waals surface area contributed by atoms with Gasteiger partial charge < -0.3 is 9.42 Å². The van der Waals surface area contributed by atoms with Crippen molar-refractivity contribution in [3.05, 3.63) is 17.5 Å². The molecule has 122 valence electrons. The third-order valence-corrected chi connectivity index (χ3v) is 4.59. The van der Waals surface area contributed by atoms with Gasteiger partial charge in [-0.1, -0.05) is 5.16 Å². The molecule has 6 nitrogen and oxygen atoms in total. The maximum Gasteiger partial charge on any atom is 0.236 e. The lowest BCUT2D eigenvalue weighted by atomic mass is 10.1. The van der Waals surface area contributed by atoms with Crippen LogP contribution in [0, 0.1) is 6.92 Å². The van der Waals surface area contributed by atoms with Crippen molar-refractivity contribution in [2.75, 3.05) is 45.8 Å². The summed E-state index contributed by atoms with van der Waals surface area (Å²) in [5, 5.41) is 4.05. The number of piperazine rings is 1. The Labute approximate surface area is 132 Å². The topological polar surface area (TPSA) is 52.8 Å². The fourth-order valence-electron chi connectivity index (χ4n) is 3.26. The van der Waals surface area contributed by atoms with Crippen molar-refractivity contribution in [2.24, 2.45) is 0 Å². The van der Waals surface area contributed by atoms with Gasteiger partial charge >= 0.3 is 0 Å². The molecule has 0 bridgehead atoms. The summed E-state index contributed by atoms with van der Waals surface area (Å²) in [6.07, 6.45) is 3.59. The van der Waals surface area contributed by atoms with Crippen molar-refractivity contribution >= 4 is 5.91 Å². The predicted molar refractivity (Wildman–Crippen MR) is 83.4 cm³/mol. The summed E-state index contributed by atoms with van der Waals surface area (Å²) in [4.78, 5) is 19.0. The lowest BCUT2D eigenvalue weighted by Crippen LogP contribution is -2.50. The number of piperidine rings is 1. The van der Waals surface area contributed by atoms with Gasteiger partial charge in [-0.05, 0) is 26.2 Å². The number of rotatable bonds is 4. The molecule has 1 aromatic heterocycles. The van der Waals surface area contributed by atoms with Crippen molar-refractivity contribution in [1.29, 1.82) is 0 Å². The van der Waals surface area contributed by atoms with Gasteiger partial charge in [0.25, 0.3) is 0 Å². The lowest BCUT2D eigenvalue weighted by molar-refractivity contribution is -0.133. The first-order chi connectivity index (χ1) is 10.7. The van der Waals surface area contributed by atoms with E-state index in [-0.39, 0.29) is 0 Å². The molecule has 0 saturated carbocycles. The number of aromatic nitrogens is 1. The average molecular weight is 306 g/mol. The molecular weight excluding hydrogens is 280 g/mol. The summed E-state index contributed by atoms with van der Waals surface area (Å²) in [7, 11) is 0. The van der Waals surface area contributed by atoms with Crippen LogP contribution in [0.2, 0.25) is 0 Å². The zero-order valence-corrected chi connectivity index (χ0v) is 13.5. The molecule has 0 aromatic carbocycles. The van der Waals surface area contributed by atoms with Gasteiger partial charge in [-0.2, -0.15) is 0 Å². The maximum atomic E-state index is 12.3. The maximum absolute atomic E-state index is 12.3. The van der Waals surface area contributed by atoms with Crippen LogP contribution in [0.3, 0.4) is 0 Å². The van der Waals surface area contributed by atoms with Gasteiger partial charge in [0.1, 0.15) is 5.76 Å². The largest absolute Gasteiger partial charge is 0.361 e. The summed E-state index contributed by atoms with van der Waals surface area (Å²) < 4.78 is 5.11. The number of likely N-dealkylation sites (tertiary alicyclic amines) is 1. The highest BCUT2D eigenvalue weighted by Gasteiger charge is 2.23. The molecule has 6 heteroatoms. The van der Waals surface area contributed by atoms with Crippen molar-refractivity contribution < 1.29 is 9.32 Å². The number of nitrogens with zero attached hydrogens (tertiary/aromatic N) is 4. The molecule has 0 N–H and O–H groups in total. The summed E-state index contributed by atoms with van der Waals surface area (Å²) in [6, 6.07) is 1.99. The van der Waals surface area contributed by atoms with Crippen LogP contribution in [-0.2, 0) is 11.3 Å². The SMILES string of the molecule is Cc1cc(CN2CCN(CC(=O)N3CCCCC3)CC2)no1. The zero-order chi connectivity index (χ0) is 15.4. The molecule has 0 unspecified atom stereocenters. The van der Waals surface area contributed by atoms with Gasteiger partial charge in [-0.15, -0.1) is 0 Å². The Morgan fingerprint density at radius 3 is 2.41 bits per heavy atom. The van der Waals surface area contributed by atoms with E-state index in [1.807, 2.05) is 17.9 Å². The molecule has 2 aliphatic rings. The number of hydrogen-bond donors (Lipinski definition) is 0. The van der Waals surface area contributed by atoms with E-state index in [2.05, 4.69) is 15.0 Å². The van der Waals surface area contributed by atoms with E-state index in [0.29, 0.717) is 12.5 Å². The highest BCUT2D eigenvalue weighted by atomic mass is 16.5. The molecular formula is C16H26N4O2. The number of hydrogen-bond acceptors (Lipinski definition) is 5. The Balaban J connectivity index is 1.40. The summed E-state index contributed by atoms with van der Waals surface area (Å²) >= 11 is 0. The van der Waals surface area contributed by atoms with Gasteiger partial charge in [0.2, 0.25) is 5.91 Å². The first-order valence-electron chi connectivity index (χ1n) is 8.35. The molecule has 22 heavy (non-hydrogen) atoms. The minimum absolute atomic E-state index is 0.306. The van der Waals surface area contributed by atoms with E-state index in [1.54, 1.807) is 0 Å². The molecule has 1 amide bonds. The third-order valence-electron chi connectivity index (χ3n) is 4.59. The van der Waals surface area contributed by atoms with Crippen LogP contribution in [0.5, 0.6) is 0 Å². The summed E-state index contributed by atoms with van der Waals surface area (Å²) in [5.41, 5.74) is 0.996. The molecule has 2 aliphatic heterocycles. The van der Waals surface area contributed by atoms with Gasteiger partial charge in [-0.3, -0.25) is 14.6 Å². The van der Waals surface area contributed by atoms with Gasteiger partial charge in [0.05, 0.1) is 12.2 Å². The van der Waals surface area contributed by atoms with Crippen LogP contribution >= 0.6 is 0 Å². The van der Waals surface area contributed by atoms with E-state index in [4.69, 9.17) is 4.52 Å². The van der Waals surface area contributed by atoms with Gasteiger partial charge in [-0.25, -0.2) is 0 Å². The van der Waals surface area contributed by atoms with Crippen LogP contribution < -0.4 is 0 Å². The van der Waals surface area contributed by atoms with E-state index in [0.717, 1.165) is 70.1 Å². The Morgan fingerprint density at radius 1 is 1.09 bits per heavy atom.